The molecule has 0 radical (unpaired) electrons. The third-order valence-corrected chi connectivity index (χ3v) is 5.78. The second-order valence-electron chi connectivity index (χ2n) is 5.56. The number of nitriles is 1. The average Bonchev–Trinajstić information content (AvgIpc) is 3.35. The highest BCUT2D eigenvalue weighted by atomic mass is 32.1. The predicted molar refractivity (Wildman–Crippen MR) is 102 cm³/mol. The van der Waals surface area contributed by atoms with Crippen LogP contribution in [-0.4, -0.2) is 16.2 Å². The van der Waals surface area contributed by atoms with Gasteiger partial charge in [-0.25, -0.2) is 4.98 Å². The number of nitrogens with one attached hydrogen (secondary N) is 1. The molecule has 0 atom stereocenters. The van der Waals surface area contributed by atoms with Crippen LogP contribution >= 0.6 is 22.7 Å². The van der Waals surface area contributed by atoms with Gasteiger partial charge < -0.3 is 11.5 Å². The molecule has 1 amide bonds. The Kier molecular flexibility index (Phi) is 3.98. The van der Waals surface area contributed by atoms with Gasteiger partial charge in [-0.1, -0.05) is 10.7 Å². The van der Waals surface area contributed by atoms with Gasteiger partial charge >= 0.3 is 5.88 Å². The van der Waals surface area contributed by atoms with Crippen molar-refractivity contribution in [2.24, 2.45) is 7.05 Å². The van der Waals surface area contributed by atoms with E-state index in [1.807, 2.05) is 17.5 Å². The minimum atomic E-state index is -0.457. The monoisotopic (exact) mass is 398 g/mol. The molecule has 9 nitrogen and oxygen atoms in total. The van der Waals surface area contributed by atoms with E-state index in [1.165, 1.54) is 22.2 Å². The highest BCUT2D eigenvalue weighted by Crippen LogP contribution is 2.43. The minimum absolute atomic E-state index is 0.101. The molecule has 0 spiro atoms. The fourth-order valence-electron chi connectivity index (χ4n) is 2.67. The molecule has 0 aliphatic heterocycles. The van der Waals surface area contributed by atoms with Gasteiger partial charge in [-0.2, -0.15) is 5.26 Å². The van der Waals surface area contributed by atoms with Crippen LogP contribution in [0.5, 0.6) is 0 Å². The van der Waals surface area contributed by atoms with Crippen LogP contribution in [0.4, 0.5) is 17.4 Å². The lowest BCUT2D eigenvalue weighted by molar-refractivity contribution is -0.739. The number of fused-ring (bicyclic) bond motifs is 1. The molecule has 0 aliphatic rings. The van der Waals surface area contributed by atoms with Crippen LogP contribution in [0.1, 0.15) is 15.2 Å². The molecule has 0 aromatic carbocycles. The van der Waals surface area contributed by atoms with E-state index in [1.54, 1.807) is 7.05 Å². The largest absolute Gasteiger partial charge is 0.397 e. The molecule has 27 heavy (non-hydrogen) atoms. The molecule has 4 aromatic rings. The van der Waals surface area contributed by atoms with Crippen LogP contribution in [0.3, 0.4) is 0 Å². The zero-order chi connectivity index (χ0) is 19.1. The van der Waals surface area contributed by atoms with Gasteiger partial charge in [0.25, 0.3) is 12.1 Å². The fourth-order valence-corrected chi connectivity index (χ4v) is 4.46. The van der Waals surface area contributed by atoms with Crippen molar-refractivity contribution in [3.8, 4) is 16.5 Å². The zero-order valence-electron chi connectivity index (χ0n) is 13.9. The first-order valence-electron chi connectivity index (χ1n) is 7.59. The van der Waals surface area contributed by atoms with E-state index < -0.39 is 5.91 Å². The lowest BCUT2D eigenvalue weighted by Gasteiger charge is -2.07. The lowest BCUT2D eigenvalue weighted by Crippen LogP contribution is -2.28. The molecule has 4 aromatic heterocycles. The number of rotatable bonds is 3. The van der Waals surface area contributed by atoms with Gasteiger partial charge in [-0.3, -0.25) is 14.6 Å². The summed E-state index contributed by atoms with van der Waals surface area (Å²) in [5.74, 6) is -0.173. The first kappa shape index (κ1) is 17.0. The van der Waals surface area contributed by atoms with E-state index in [2.05, 4.69) is 21.6 Å². The van der Waals surface area contributed by atoms with Crippen molar-refractivity contribution in [2.75, 3.05) is 16.8 Å². The van der Waals surface area contributed by atoms with Crippen LogP contribution in [0, 0.1) is 11.3 Å². The predicted octanol–water partition coefficient (Wildman–Crippen LogP) is 2.13. The highest BCUT2D eigenvalue weighted by molar-refractivity contribution is 7.21. The molecule has 5 N–H and O–H groups in total. The zero-order valence-corrected chi connectivity index (χ0v) is 15.5. The van der Waals surface area contributed by atoms with Gasteiger partial charge in [0.1, 0.15) is 27.2 Å². The summed E-state index contributed by atoms with van der Waals surface area (Å²) in [6, 6.07) is 5.83. The summed E-state index contributed by atoms with van der Waals surface area (Å²) in [7, 11) is 1.66. The molecule has 0 saturated heterocycles. The SMILES string of the molecule is C[n+]1cc(NC(=O)c2sc3nc(N)c(C#N)c(-c4cccs4)c3c2N)on1. The van der Waals surface area contributed by atoms with Crippen molar-refractivity contribution in [3.63, 3.8) is 0 Å². The maximum Gasteiger partial charge on any atom is 0.302 e. The Morgan fingerprint density at radius 2 is 2.26 bits per heavy atom. The van der Waals surface area contributed by atoms with Crippen molar-refractivity contribution in [1.82, 2.24) is 10.3 Å². The van der Waals surface area contributed by atoms with E-state index >= 15 is 0 Å². The van der Waals surface area contributed by atoms with E-state index in [0.29, 0.717) is 15.8 Å². The van der Waals surface area contributed by atoms with E-state index in [-0.39, 0.29) is 27.8 Å². The summed E-state index contributed by atoms with van der Waals surface area (Å²) in [5, 5.41) is 18.2. The van der Waals surface area contributed by atoms with Crippen LogP contribution in [0.2, 0.25) is 0 Å². The third-order valence-electron chi connectivity index (χ3n) is 3.80. The van der Waals surface area contributed by atoms with Gasteiger partial charge in [0.2, 0.25) is 0 Å². The first-order valence-corrected chi connectivity index (χ1v) is 9.28. The van der Waals surface area contributed by atoms with Crippen LogP contribution < -0.4 is 21.5 Å². The number of carbonyl (C=O) groups excluding carboxylic acids is 1. The lowest BCUT2D eigenvalue weighted by atomic mass is 10.0. The Labute approximate surface area is 160 Å². The highest BCUT2D eigenvalue weighted by Gasteiger charge is 2.25. The van der Waals surface area contributed by atoms with Gasteiger partial charge in [0, 0.05) is 15.8 Å². The number of aromatic nitrogens is 3. The Bertz CT molecular complexity index is 1220. The molecule has 134 valence electrons. The Morgan fingerprint density at radius 3 is 2.89 bits per heavy atom. The van der Waals surface area contributed by atoms with Crippen molar-refractivity contribution < 1.29 is 14.0 Å². The quantitative estimate of drug-likeness (QED) is 0.448. The number of aryl methyl sites for hydroxylation is 1. The topological polar surface area (TPSA) is 148 Å². The number of hydrogen-bond donors (Lipinski definition) is 3. The molecule has 0 unspecified atom stereocenters. The number of nitrogens with zero attached hydrogens (tertiary/aromatic N) is 4. The van der Waals surface area contributed by atoms with Gasteiger partial charge in [-0.15, -0.1) is 22.7 Å². The van der Waals surface area contributed by atoms with Gasteiger partial charge in [-0.05, 0) is 11.4 Å². The number of hydrogen-bond acceptors (Lipinski definition) is 9. The molecule has 0 bridgehead atoms. The van der Waals surface area contributed by atoms with Crippen LogP contribution in [-0.2, 0) is 7.05 Å². The fraction of sp³-hybridized carbons (Fsp3) is 0.0625. The second-order valence-corrected chi connectivity index (χ2v) is 7.50. The van der Waals surface area contributed by atoms with Crippen molar-refractivity contribution in [3.05, 3.63) is 34.2 Å². The molecular weight excluding hydrogens is 386 g/mol. The first-order chi connectivity index (χ1) is 13.0. The number of anilines is 3. The minimum Gasteiger partial charge on any atom is -0.397 e. The third kappa shape index (κ3) is 2.77. The summed E-state index contributed by atoms with van der Waals surface area (Å²) in [6.45, 7) is 0. The standard InChI is InChI=1S/C16H11N7O2S2/c1-23-6-9(25-22-23)20-15(24)13-12(18)11-10(8-3-2-4-26-8)7(5-17)14(19)21-16(11)27-13/h2-4,6H,1H3,(H4-,18,19,20,21,22,24)/p+1. The van der Waals surface area contributed by atoms with Crippen LogP contribution in [0.25, 0.3) is 20.7 Å². The summed E-state index contributed by atoms with van der Waals surface area (Å²) in [4.78, 5) is 18.5. The summed E-state index contributed by atoms with van der Waals surface area (Å²) in [6.07, 6.45) is 1.52. The molecule has 4 rings (SSSR count). The molecule has 0 fully saturated rings. The molecule has 0 saturated carbocycles. The van der Waals surface area contributed by atoms with Crippen molar-refractivity contribution >= 4 is 56.2 Å². The van der Waals surface area contributed by atoms with Gasteiger partial charge in [0.05, 0.1) is 5.69 Å². The van der Waals surface area contributed by atoms with Crippen molar-refractivity contribution in [2.45, 2.75) is 0 Å². The maximum absolute atomic E-state index is 12.7. The van der Waals surface area contributed by atoms with E-state index in [4.69, 9.17) is 16.0 Å². The van der Waals surface area contributed by atoms with Gasteiger partial charge in [0.15, 0.2) is 12.3 Å². The molecular formula is C16H12N7O2S2+. The Balaban J connectivity index is 1.90. The molecule has 0 aliphatic carbocycles. The molecule has 4 heterocycles. The van der Waals surface area contributed by atoms with Crippen LogP contribution in [0.15, 0.2) is 28.2 Å². The second kappa shape index (κ2) is 6.35. The number of thiophene rings is 2. The number of pyridine rings is 1. The van der Waals surface area contributed by atoms with E-state index in [0.717, 1.165) is 16.2 Å². The number of amides is 1. The smallest absolute Gasteiger partial charge is 0.302 e. The summed E-state index contributed by atoms with van der Waals surface area (Å²) < 4.78 is 6.39. The average molecular weight is 398 g/mol. The number of carbonyl (C=O) groups is 1. The number of nitrogens with two attached hydrogens (primary N) is 2. The maximum atomic E-state index is 12.7. The molecule has 11 heteroatoms. The Morgan fingerprint density at radius 1 is 1.44 bits per heavy atom. The van der Waals surface area contributed by atoms with Crippen molar-refractivity contribution in [1.29, 1.82) is 5.26 Å². The summed E-state index contributed by atoms with van der Waals surface area (Å²) >= 11 is 2.55. The Hall–Kier alpha value is -3.49. The normalized spacial score (nSPS) is 10.8. The van der Waals surface area contributed by atoms with E-state index in [9.17, 15) is 10.1 Å². The number of nitrogen functional groups attached to an aromatic ring is 2. The summed E-state index contributed by atoms with van der Waals surface area (Å²) in [5.41, 5.74) is 13.3.